The van der Waals surface area contributed by atoms with Gasteiger partial charge in [-0.25, -0.2) is 4.98 Å². The predicted octanol–water partition coefficient (Wildman–Crippen LogP) is 4.24. The molecule has 0 aliphatic heterocycles. The second-order valence-electron chi connectivity index (χ2n) is 6.65. The number of anilines is 2. The van der Waals surface area contributed by atoms with Crippen LogP contribution in [0.25, 0.3) is 6.08 Å². The Morgan fingerprint density at radius 1 is 1.23 bits per heavy atom. The Hall–Kier alpha value is -2.47. The van der Waals surface area contributed by atoms with Crippen molar-refractivity contribution in [2.45, 2.75) is 45.7 Å². The summed E-state index contributed by atoms with van der Waals surface area (Å²) in [7, 11) is 0. The van der Waals surface area contributed by atoms with Crippen molar-refractivity contribution in [3.05, 3.63) is 47.5 Å². The summed E-state index contributed by atoms with van der Waals surface area (Å²) in [6.45, 7) is 5.59. The fourth-order valence-electron chi connectivity index (χ4n) is 2.91. The number of rotatable bonds is 6. The minimum atomic E-state index is -0.100. The highest BCUT2D eigenvalue weighted by Gasteiger charge is 2.33. The van der Waals surface area contributed by atoms with E-state index in [0.29, 0.717) is 16.9 Å². The monoisotopic (exact) mass is 369 g/mol. The first-order valence-electron chi connectivity index (χ1n) is 8.79. The Bertz CT molecular complexity index is 807. The maximum Gasteiger partial charge on any atom is 0.247 e. The molecular formula is C20H23N3O2S. The number of amides is 2. The van der Waals surface area contributed by atoms with Gasteiger partial charge in [0.25, 0.3) is 0 Å². The predicted molar refractivity (Wildman–Crippen MR) is 105 cm³/mol. The maximum absolute atomic E-state index is 12.5. The van der Waals surface area contributed by atoms with Gasteiger partial charge < -0.3 is 4.90 Å². The molecule has 0 spiro atoms. The van der Waals surface area contributed by atoms with Crippen LogP contribution in [0.1, 0.15) is 39.3 Å². The van der Waals surface area contributed by atoms with Gasteiger partial charge >= 0.3 is 0 Å². The van der Waals surface area contributed by atoms with Gasteiger partial charge in [-0.3, -0.25) is 14.5 Å². The Labute approximate surface area is 158 Å². The average molecular weight is 369 g/mol. The molecule has 1 aromatic heterocycles. The lowest BCUT2D eigenvalue weighted by molar-refractivity contribution is -0.128. The number of para-hydroxylation sites is 1. The summed E-state index contributed by atoms with van der Waals surface area (Å²) in [6.07, 6.45) is 5.48. The molecule has 1 heterocycles. The third-order valence-electron chi connectivity index (χ3n) is 4.18. The molecule has 136 valence electrons. The number of nitrogens with zero attached hydrogens (tertiary/aromatic N) is 3. The summed E-state index contributed by atoms with van der Waals surface area (Å²) in [6, 6.07) is 9.99. The lowest BCUT2D eigenvalue weighted by Gasteiger charge is -2.25. The van der Waals surface area contributed by atoms with Crippen LogP contribution in [0, 0.1) is 0 Å². The zero-order valence-corrected chi connectivity index (χ0v) is 16.1. The van der Waals surface area contributed by atoms with Gasteiger partial charge in [0.15, 0.2) is 5.13 Å². The minimum absolute atomic E-state index is 0.0172. The highest BCUT2D eigenvalue weighted by molar-refractivity contribution is 7.14. The van der Waals surface area contributed by atoms with Gasteiger partial charge in [-0.05, 0) is 44.9 Å². The van der Waals surface area contributed by atoms with Crippen LogP contribution in [0.5, 0.6) is 0 Å². The molecule has 0 saturated heterocycles. The molecule has 3 rings (SSSR count). The van der Waals surface area contributed by atoms with E-state index in [4.69, 9.17) is 0 Å². The highest BCUT2D eigenvalue weighted by Crippen LogP contribution is 2.30. The van der Waals surface area contributed by atoms with Crippen molar-refractivity contribution in [3.63, 3.8) is 0 Å². The molecule has 1 fully saturated rings. The van der Waals surface area contributed by atoms with Gasteiger partial charge in [0, 0.05) is 30.5 Å². The third kappa shape index (κ3) is 4.19. The number of carbonyl (C=O) groups excluding carboxylic acids is 2. The molecule has 2 aromatic rings. The Morgan fingerprint density at radius 2 is 1.92 bits per heavy atom. The standard InChI is InChI=1S/C20H23N3O2S/c1-14(2)22(18-10-11-18)19(25)12-9-16-13-26-20(21-16)23(15(3)24)17-7-5-4-6-8-17/h4-9,12-14,18H,10-11H2,1-3H3/b12-9+. The summed E-state index contributed by atoms with van der Waals surface area (Å²) in [5, 5.41) is 2.45. The van der Waals surface area contributed by atoms with Crippen LogP contribution in [0.3, 0.4) is 0 Å². The largest absolute Gasteiger partial charge is 0.334 e. The van der Waals surface area contributed by atoms with Crippen LogP contribution in [0.15, 0.2) is 41.8 Å². The molecule has 1 aromatic carbocycles. The van der Waals surface area contributed by atoms with Crippen molar-refractivity contribution >= 4 is 40.0 Å². The topological polar surface area (TPSA) is 53.5 Å². The molecule has 26 heavy (non-hydrogen) atoms. The first-order chi connectivity index (χ1) is 12.5. The fourth-order valence-corrected chi connectivity index (χ4v) is 3.77. The van der Waals surface area contributed by atoms with Crippen LogP contribution in [0.4, 0.5) is 10.8 Å². The molecule has 0 atom stereocenters. The smallest absolute Gasteiger partial charge is 0.247 e. The third-order valence-corrected chi connectivity index (χ3v) is 5.02. The molecule has 1 saturated carbocycles. The van der Waals surface area contributed by atoms with Crippen LogP contribution in [0.2, 0.25) is 0 Å². The minimum Gasteiger partial charge on any atom is -0.334 e. The van der Waals surface area contributed by atoms with Crippen molar-refractivity contribution in [1.82, 2.24) is 9.88 Å². The summed E-state index contributed by atoms with van der Waals surface area (Å²) in [4.78, 5) is 32.6. The van der Waals surface area contributed by atoms with E-state index < -0.39 is 0 Å². The van der Waals surface area contributed by atoms with Gasteiger partial charge in [0.05, 0.1) is 11.4 Å². The van der Waals surface area contributed by atoms with E-state index in [9.17, 15) is 9.59 Å². The number of carbonyl (C=O) groups is 2. The molecule has 2 amide bonds. The first kappa shape index (κ1) is 18.3. The van der Waals surface area contributed by atoms with Crippen molar-refractivity contribution in [2.75, 3.05) is 4.90 Å². The quantitative estimate of drug-likeness (QED) is 0.716. The van der Waals surface area contributed by atoms with Crippen molar-refractivity contribution in [2.24, 2.45) is 0 Å². The van der Waals surface area contributed by atoms with E-state index in [1.54, 1.807) is 17.1 Å². The highest BCUT2D eigenvalue weighted by atomic mass is 32.1. The Kier molecular flexibility index (Phi) is 5.52. The van der Waals surface area contributed by atoms with Crippen molar-refractivity contribution in [3.8, 4) is 0 Å². The molecule has 0 radical (unpaired) electrons. The fraction of sp³-hybridized carbons (Fsp3) is 0.350. The molecule has 5 nitrogen and oxygen atoms in total. The van der Waals surface area contributed by atoms with E-state index in [1.165, 1.54) is 18.3 Å². The number of aromatic nitrogens is 1. The van der Waals surface area contributed by atoms with Crippen LogP contribution in [-0.4, -0.2) is 33.8 Å². The molecule has 0 N–H and O–H groups in total. The van der Waals surface area contributed by atoms with Crippen molar-refractivity contribution in [1.29, 1.82) is 0 Å². The van der Waals surface area contributed by atoms with Gasteiger partial charge in [0.2, 0.25) is 11.8 Å². The summed E-state index contributed by atoms with van der Waals surface area (Å²) in [5.41, 5.74) is 1.46. The van der Waals surface area contributed by atoms with E-state index in [2.05, 4.69) is 4.98 Å². The number of thiazole rings is 1. The first-order valence-corrected chi connectivity index (χ1v) is 9.67. The summed E-state index contributed by atoms with van der Waals surface area (Å²) >= 11 is 1.38. The van der Waals surface area contributed by atoms with Gasteiger partial charge in [-0.1, -0.05) is 18.2 Å². The second-order valence-corrected chi connectivity index (χ2v) is 7.49. The second kappa shape index (κ2) is 7.83. The molecule has 1 aliphatic rings. The molecule has 6 heteroatoms. The molecule has 0 unspecified atom stereocenters. The molecule has 1 aliphatic carbocycles. The van der Waals surface area contributed by atoms with E-state index in [0.717, 1.165) is 18.5 Å². The van der Waals surface area contributed by atoms with E-state index in [1.807, 2.05) is 54.5 Å². The number of hydrogen-bond donors (Lipinski definition) is 0. The molecular weight excluding hydrogens is 346 g/mol. The zero-order valence-electron chi connectivity index (χ0n) is 15.3. The van der Waals surface area contributed by atoms with Crippen molar-refractivity contribution < 1.29 is 9.59 Å². The van der Waals surface area contributed by atoms with E-state index >= 15 is 0 Å². The number of benzene rings is 1. The van der Waals surface area contributed by atoms with Gasteiger partial charge in [-0.15, -0.1) is 11.3 Å². The van der Waals surface area contributed by atoms with Crippen LogP contribution in [-0.2, 0) is 9.59 Å². The normalized spacial score (nSPS) is 14.0. The van der Waals surface area contributed by atoms with Crippen LogP contribution >= 0.6 is 11.3 Å². The average Bonchev–Trinajstić information content (AvgIpc) is 3.31. The summed E-state index contributed by atoms with van der Waals surface area (Å²) < 4.78 is 0. The van der Waals surface area contributed by atoms with Gasteiger partial charge in [0.1, 0.15) is 0 Å². The summed E-state index contributed by atoms with van der Waals surface area (Å²) in [5.74, 6) is -0.0830. The lowest BCUT2D eigenvalue weighted by Crippen LogP contribution is -2.37. The van der Waals surface area contributed by atoms with Crippen LogP contribution < -0.4 is 4.90 Å². The zero-order chi connectivity index (χ0) is 18.7. The van der Waals surface area contributed by atoms with Gasteiger partial charge in [-0.2, -0.15) is 0 Å². The Morgan fingerprint density at radius 3 is 2.50 bits per heavy atom. The Balaban J connectivity index is 1.76. The van der Waals surface area contributed by atoms with E-state index in [-0.39, 0.29) is 17.9 Å². The lowest BCUT2D eigenvalue weighted by atomic mass is 10.3. The maximum atomic E-state index is 12.5. The SMILES string of the molecule is CC(=O)N(c1ccccc1)c1nc(/C=C/C(=O)N(C(C)C)C2CC2)cs1. The molecule has 0 bridgehead atoms. The number of hydrogen-bond acceptors (Lipinski definition) is 4.